The van der Waals surface area contributed by atoms with Crippen molar-refractivity contribution in [1.82, 2.24) is 5.06 Å². The maximum Gasteiger partial charge on any atom is 0.0608 e. The average Bonchev–Trinajstić information content (AvgIpc) is 2.40. The van der Waals surface area contributed by atoms with Crippen LogP contribution in [-0.4, -0.2) is 5.06 Å². The summed E-state index contributed by atoms with van der Waals surface area (Å²) in [6.45, 7) is 2.36. The molecule has 2 aromatic rings. The zero-order chi connectivity index (χ0) is 12.1. The summed E-state index contributed by atoms with van der Waals surface area (Å²) >= 11 is 0. The molecule has 0 aliphatic rings. The lowest BCUT2D eigenvalue weighted by Gasteiger charge is -2.20. The number of hydrogen-bond donors (Lipinski definition) is 0. The summed E-state index contributed by atoms with van der Waals surface area (Å²) in [5.74, 6) is 0. The molecule has 0 fully saturated rings. The average molecular weight is 226 g/mol. The summed E-state index contributed by atoms with van der Waals surface area (Å²) in [6, 6.07) is 19.6. The second kappa shape index (κ2) is 5.62. The Hall–Kier alpha value is -1.64. The normalized spacial score (nSPS) is 12.6. The molecule has 0 amide bonds. The van der Waals surface area contributed by atoms with Gasteiger partial charge in [0.2, 0.25) is 0 Å². The molecule has 0 aliphatic heterocycles. The molecule has 1 radical (unpaired) electrons. The molecule has 0 saturated heterocycles. The largest absolute Gasteiger partial charge is 0.143 e. The van der Waals surface area contributed by atoms with E-state index in [0.29, 0.717) is 6.54 Å². The first-order valence-electron chi connectivity index (χ1n) is 5.80. The maximum atomic E-state index is 12.0. The molecule has 0 unspecified atom stereocenters. The van der Waals surface area contributed by atoms with Crippen molar-refractivity contribution in [2.24, 2.45) is 0 Å². The van der Waals surface area contributed by atoms with Gasteiger partial charge in [0.15, 0.2) is 0 Å². The Kier molecular flexibility index (Phi) is 3.91. The van der Waals surface area contributed by atoms with Crippen molar-refractivity contribution < 1.29 is 5.21 Å². The van der Waals surface area contributed by atoms with E-state index < -0.39 is 0 Å². The van der Waals surface area contributed by atoms with E-state index in [9.17, 15) is 5.21 Å². The molecule has 0 saturated carbocycles. The summed E-state index contributed by atoms with van der Waals surface area (Å²) in [7, 11) is 0. The summed E-state index contributed by atoms with van der Waals surface area (Å²) < 4.78 is 0. The molecule has 2 nitrogen and oxygen atoms in total. The van der Waals surface area contributed by atoms with Gasteiger partial charge in [-0.3, -0.25) is 0 Å². The minimum atomic E-state index is -0.114. The first-order chi connectivity index (χ1) is 8.27. The van der Waals surface area contributed by atoms with E-state index in [1.54, 1.807) is 0 Å². The van der Waals surface area contributed by atoms with E-state index in [-0.39, 0.29) is 6.04 Å². The fourth-order valence-corrected chi connectivity index (χ4v) is 1.80. The van der Waals surface area contributed by atoms with Crippen molar-refractivity contribution in [2.75, 3.05) is 0 Å². The Morgan fingerprint density at radius 2 is 1.47 bits per heavy atom. The van der Waals surface area contributed by atoms with Crippen LogP contribution < -0.4 is 0 Å². The van der Waals surface area contributed by atoms with Crippen LogP contribution in [0.15, 0.2) is 60.7 Å². The van der Waals surface area contributed by atoms with Crippen molar-refractivity contribution in [3.8, 4) is 0 Å². The van der Waals surface area contributed by atoms with Crippen molar-refractivity contribution in [1.29, 1.82) is 0 Å². The third-order valence-corrected chi connectivity index (χ3v) is 2.90. The summed E-state index contributed by atoms with van der Waals surface area (Å²) in [6.07, 6.45) is 0. The molecular weight excluding hydrogens is 210 g/mol. The van der Waals surface area contributed by atoms with Crippen LogP contribution in [-0.2, 0) is 11.8 Å². The second-order valence-corrected chi connectivity index (χ2v) is 4.15. The molecular formula is C15H16NO. The van der Waals surface area contributed by atoms with Gasteiger partial charge in [0.1, 0.15) is 0 Å². The van der Waals surface area contributed by atoms with Crippen LogP contribution in [0.4, 0.5) is 0 Å². The predicted octanol–water partition coefficient (Wildman–Crippen LogP) is 3.60. The van der Waals surface area contributed by atoms with Crippen LogP contribution >= 0.6 is 0 Å². The van der Waals surface area contributed by atoms with Crippen LogP contribution in [0.3, 0.4) is 0 Å². The minimum Gasteiger partial charge on any atom is -0.143 e. The first-order valence-corrected chi connectivity index (χ1v) is 5.80. The Morgan fingerprint density at radius 3 is 2.06 bits per heavy atom. The molecule has 0 aromatic heterocycles. The Balaban J connectivity index is 2.03. The van der Waals surface area contributed by atoms with Crippen molar-refractivity contribution in [3.05, 3.63) is 71.8 Å². The molecule has 17 heavy (non-hydrogen) atoms. The van der Waals surface area contributed by atoms with E-state index in [0.717, 1.165) is 16.2 Å². The lowest BCUT2D eigenvalue weighted by Crippen LogP contribution is -2.21. The first kappa shape index (κ1) is 11.8. The predicted molar refractivity (Wildman–Crippen MR) is 67.5 cm³/mol. The van der Waals surface area contributed by atoms with E-state index >= 15 is 0 Å². The molecule has 0 heterocycles. The maximum absolute atomic E-state index is 12.0. The molecule has 2 rings (SSSR count). The van der Waals surface area contributed by atoms with Crippen LogP contribution in [0.25, 0.3) is 0 Å². The highest BCUT2D eigenvalue weighted by atomic mass is 16.5. The Morgan fingerprint density at radius 1 is 0.941 bits per heavy atom. The zero-order valence-corrected chi connectivity index (χ0v) is 9.91. The Labute approximate surface area is 102 Å². The lowest BCUT2D eigenvalue weighted by atomic mass is 10.1. The number of hydrogen-bond acceptors (Lipinski definition) is 1. The van der Waals surface area contributed by atoms with E-state index in [4.69, 9.17) is 0 Å². The third-order valence-electron chi connectivity index (χ3n) is 2.90. The number of benzene rings is 2. The zero-order valence-electron chi connectivity index (χ0n) is 9.91. The molecule has 0 N–H and O–H groups in total. The van der Waals surface area contributed by atoms with E-state index in [1.165, 1.54) is 0 Å². The number of rotatable bonds is 4. The quantitative estimate of drug-likeness (QED) is 0.730. The van der Waals surface area contributed by atoms with E-state index in [1.807, 2.05) is 67.6 Å². The standard InChI is InChI=1S/C15H16NO/c1-13(15-10-6-3-7-11-15)16(17)12-14-8-4-2-5-9-14/h2-11,13H,12H2,1H3/t13-/m1/s1. The smallest absolute Gasteiger partial charge is 0.0608 e. The van der Waals surface area contributed by atoms with Crippen molar-refractivity contribution in [3.63, 3.8) is 0 Å². The molecule has 87 valence electrons. The summed E-state index contributed by atoms with van der Waals surface area (Å²) in [4.78, 5) is 0. The van der Waals surface area contributed by atoms with Gasteiger partial charge in [-0.25, -0.2) is 0 Å². The van der Waals surface area contributed by atoms with Gasteiger partial charge in [0.25, 0.3) is 0 Å². The van der Waals surface area contributed by atoms with Gasteiger partial charge in [-0.15, -0.1) is 10.3 Å². The fraction of sp³-hybridized carbons (Fsp3) is 0.200. The molecule has 0 bridgehead atoms. The highest BCUT2D eigenvalue weighted by Crippen LogP contribution is 2.20. The van der Waals surface area contributed by atoms with Crippen LogP contribution in [0, 0.1) is 0 Å². The van der Waals surface area contributed by atoms with Crippen molar-refractivity contribution in [2.45, 2.75) is 19.5 Å². The lowest BCUT2D eigenvalue weighted by molar-refractivity contribution is -0.193. The molecule has 2 aromatic carbocycles. The third kappa shape index (κ3) is 3.16. The SMILES string of the molecule is C[C@H](c1ccccc1)N([O])Cc1ccccc1. The molecule has 2 heteroatoms. The highest BCUT2D eigenvalue weighted by molar-refractivity contribution is 5.19. The topological polar surface area (TPSA) is 23.1 Å². The monoisotopic (exact) mass is 226 g/mol. The highest BCUT2D eigenvalue weighted by Gasteiger charge is 2.14. The van der Waals surface area contributed by atoms with Crippen molar-refractivity contribution >= 4 is 0 Å². The second-order valence-electron chi connectivity index (χ2n) is 4.15. The van der Waals surface area contributed by atoms with Gasteiger partial charge >= 0.3 is 0 Å². The molecule has 0 spiro atoms. The van der Waals surface area contributed by atoms with E-state index in [2.05, 4.69) is 0 Å². The number of nitrogens with zero attached hydrogens (tertiary/aromatic N) is 1. The van der Waals surface area contributed by atoms with Crippen LogP contribution in [0.5, 0.6) is 0 Å². The number of hydroxylamine groups is 2. The van der Waals surface area contributed by atoms with Gasteiger partial charge in [0.05, 0.1) is 12.6 Å². The molecule has 1 atom stereocenters. The van der Waals surface area contributed by atoms with Gasteiger partial charge in [-0.1, -0.05) is 60.7 Å². The fourth-order valence-electron chi connectivity index (χ4n) is 1.80. The minimum absolute atomic E-state index is 0.114. The van der Waals surface area contributed by atoms with Gasteiger partial charge in [-0.2, -0.15) is 0 Å². The Bertz CT molecular complexity index is 441. The van der Waals surface area contributed by atoms with Gasteiger partial charge in [0, 0.05) is 0 Å². The van der Waals surface area contributed by atoms with Crippen LogP contribution in [0.2, 0.25) is 0 Å². The van der Waals surface area contributed by atoms with Gasteiger partial charge in [-0.05, 0) is 18.1 Å². The summed E-state index contributed by atoms with van der Waals surface area (Å²) in [5.41, 5.74) is 2.10. The summed E-state index contributed by atoms with van der Waals surface area (Å²) in [5, 5.41) is 13.1. The molecule has 0 aliphatic carbocycles. The van der Waals surface area contributed by atoms with Gasteiger partial charge < -0.3 is 0 Å². The van der Waals surface area contributed by atoms with Crippen LogP contribution in [0.1, 0.15) is 24.1 Å².